The average molecular weight is 269 g/mol. The van der Waals surface area contributed by atoms with Crippen LogP contribution in [0.25, 0.3) is 0 Å². The van der Waals surface area contributed by atoms with Gasteiger partial charge in [0.25, 0.3) is 0 Å². The first-order chi connectivity index (χ1) is 8.66. The van der Waals surface area contributed by atoms with Crippen molar-refractivity contribution < 1.29 is 4.74 Å². The van der Waals surface area contributed by atoms with E-state index in [4.69, 9.17) is 22.1 Å². The van der Waals surface area contributed by atoms with Crippen LogP contribution in [-0.4, -0.2) is 31.1 Å². The van der Waals surface area contributed by atoms with Gasteiger partial charge >= 0.3 is 0 Å². The van der Waals surface area contributed by atoms with Crippen LogP contribution in [0.4, 0.5) is 0 Å². The van der Waals surface area contributed by atoms with Crippen LogP contribution in [0.2, 0.25) is 5.02 Å². The zero-order valence-electron chi connectivity index (χ0n) is 10.9. The first-order valence-corrected chi connectivity index (χ1v) is 6.95. The molecule has 1 aliphatic rings. The fraction of sp³-hybridized carbons (Fsp3) is 0.571. The predicted molar refractivity (Wildman–Crippen MR) is 75.2 cm³/mol. The molecule has 4 heteroatoms. The highest BCUT2D eigenvalue weighted by molar-refractivity contribution is 6.31. The van der Waals surface area contributed by atoms with Crippen LogP contribution in [0, 0.1) is 0 Å². The molecule has 0 aromatic heterocycles. The molecule has 18 heavy (non-hydrogen) atoms. The molecule has 0 radical (unpaired) electrons. The van der Waals surface area contributed by atoms with E-state index >= 15 is 0 Å². The van der Waals surface area contributed by atoms with Gasteiger partial charge in [-0.3, -0.25) is 4.90 Å². The molecular formula is C14H21ClN2O. The Morgan fingerprint density at radius 2 is 2.11 bits per heavy atom. The first kappa shape index (κ1) is 13.7. The fourth-order valence-corrected chi connectivity index (χ4v) is 2.61. The fourth-order valence-electron chi connectivity index (χ4n) is 2.27. The minimum Gasteiger partial charge on any atom is -0.492 e. The van der Waals surface area contributed by atoms with Gasteiger partial charge in [-0.1, -0.05) is 17.7 Å². The Kier molecular flexibility index (Phi) is 4.87. The van der Waals surface area contributed by atoms with Gasteiger partial charge < -0.3 is 10.5 Å². The van der Waals surface area contributed by atoms with E-state index in [-0.39, 0.29) is 6.04 Å². The van der Waals surface area contributed by atoms with Crippen LogP contribution in [0.1, 0.15) is 31.4 Å². The Morgan fingerprint density at radius 1 is 1.39 bits per heavy atom. The van der Waals surface area contributed by atoms with Gasteiger partial charge in [0.05, 0.1) is 0 Å². The Balaban J connectivity index is 1.84. The molecule has 1 unspecified atom stereocenters. The van der Waals surface area contributed by atoms with Gasteiger partial charge in [-0.25, -0.2) is 0 Å². The van der Waals surface area contributed by atoms with E-state index in [1.807, 2.05) is 25.1 Å². The summed E-state index contributed by atoms with van der Waals surface area (Å²) >= 11 is 6.16. The van der Waals surface area contributed by atoms with E-state index in [2.05, 4.69) is 4.90 Å². The predicted octanol–water partition coefficient (Wildman–Crippen LogP) is 2.83. The number of nitrogens with two attached hydrogens (primary N) is 1. The van der Waals surface area contributed by atoms with E-state index in [0.717, 1.165) is 17.9 Å². The molecule has 1 aromatic carbocycles. The third kappa shape index (κ3) is 3.61. The molecule has 0 saturated carbocycles. The molecule has 0 bridgehead atoms. The SMILES string of the molecule is CC(N)c1ccc(OCCN2CCCC2)cc1Cl. The molecule has 1 atom stereocenters. The summed E-state index contributed by atoms with van der Waals surface area (Å²) in [6, 6.07) is 5.69. The molecule has 1 fully saturated rings. The topological polar surface area (TPSA) is 38.5 Å². The number of halogens is 1. The van der Waals surface area contributed by atoms with Crippen LogP contribution in [0.5, 0.6) is 5.75 Å². The Morgan fingerprint density at radius 3 is 2.72 bits per heavy atom. The minimum atomic E-state index is -0.0452. The van der Waals surface area contributed by atoms with Crippen molar-refractivity contribution in [3.63, 3.8) is 0 Å². The zero-order chi connectivity index (χ0) is 13.0. The number of likely N-dealkylation sites (tertiary alicyclic amines) is 1. The van der Waals surface area contributed by atoms with Crippen molar-refractivity contribution in [3.8, 4) is 5.75 Å². The maximum Gasteiger partial charge on any atom is 0.120 e. The maximum absolute atomic E-state index is 6.16. The van der Waals surface area contributed by atoms with E-state index in [1.54, 1.807) is 0 Å². The van der Waals surface area contributed by atoms with Crippen LogP contribution >= 0.6 is 11.6 Å². The Labute approximate surface area is 114 Å². The normalized spacial score (nSPS) is 17.9. The number of ether oxygens (including phenoxy) is 1. The van der Waals surface area contributed by atoms with E-state index in [1.165, 1.54) is 25.9 Å². The highest BCUT2D eigenvalue weighted by Gasteiger charge is 2.11. The lowest BCUT2D eigenvalue weighted by atomic mass is 10.1. The zero-order valence-corrected chi connectivity index (χ0v) is 11.6. The summed E-state index contributed by atoms with van der Waals surface area (Å²) in [6.07, 6.45) is 2.63. The van der Waals surface area contributed by atoms with Crippen molar-refractivity contribution in [3.05, 3.63) is 28.8 Å². The van der Waals surface area contributed by atoms with Crippen molar-refractivity contribution in [2.45, 2.75) is 25.8 Å². The first-order valence-electron chi connectivity index (χ1n) is 6.57. The average Bonchev–Trinajstić information content (AvgIpc) is 2.81. The van der Waals surface area contributed by atoms with Gasteiger partial charge in [0.15, 0.2) is 0 Å². The summed E-state index contributed by atoms with van der Waals surface area (Å²) in [7, 11) is 0. The van der Waals surface area contributed by atoms with Crippen LogP contribution in [0.15, 0.2) is 18.2 Å². The van der Waals surface area contributed by atoms with Gasteiger partial charge in [0, 0.05) is 17.6 Å². The van der Waals surface area contributed by atoms with Crippen LogP contribution < -0.4 is 10.5 Å². The molecule has 3 nitrogen and oxygen atoms in total. The molecule has 1 saturated heterocycles. The summed E-state index contributed by atoms with van der Waals surface area (Å²) in [4.78, 5) is 2.43. The minimum absolute atomic E-state index is 0.0452. The lowest BCUT2D eigenvalue weighted by molar-refractivity contribution is 0.238. The number of hydrogen-bond acceptors (Lipinski definition) is 3. The number of rotatable bonds is 5. The molecule has 1 heterocycles. The summed E-state index contributed by atoms with van der Waals surface area (Å²) in [5.74, 6) is 0.823. The highest BCUT2D eigenvalue weighted by atomic mass is 35.5. The summed E-state index contributed by atoms with van der Waals surface area (Å²) in [5, 5.41) is 0.684. The second kappa shape index (κ2) is 6.41. The molecule has 1 aliphatic heterocycles. The molecule has 1 aromatic rings. The third-order valence-electron chi connectivity index (χ3n) is 3.34. The molecule has 0 spiro atoms. The Hall–Kier alpha value is -0.770. The van der Waals surface area contributed by atoms with Gasteiger partial charge in [-0.2, -0.15) is 0 Å². The van der Waals surface area contributed by atoms with E-state index in [0.29, 0.717) is 11.6 Å². The van der Waals surface area contributed by atoms with Crippen molar-refractivity contribution >= 4 is 11.6 Å². The Bertz CT molecular complexity index is 389. The van der Waals surface area contributed by atoms with Crippen molar-refractivity contribution in [1.82, 2.24) is 4.90 Å². The molecule has 2 rings (SSSR count). The number of hydrogen-bond donors (Lipinski definition) is 1. The molecule has 2 N–H and O–H groups in total. The van der Waals surface area contributed by atoms with Gasteiger partial charge in [-0.05, 0) is 50.6 Å². The van der Waals surface area contributed by atoms with Crippen molar-refractivity contribution in [1.29, 1.82) is 0 Å². The summed E-state index contributed by atoms with van der Waals surface area (Å²) < 4.78 is 5.72. The molecular weight excluding hydrogens is 248 g/mol. The maximum atomic E-state index is 6.16. The van der Waals surface area contributed by atoms with E-state index < -0.39 is 0 Å². The third-order valence-corrected chi connectivity index (χ3v) is 3.66. The summed E-state index contributed by atoms with van der Waals surface area (Å²) in [6.45, 7) is 6.04. The molecule has 0 amide bonds. The number of benzene rings is 1. The van der Waals surface area contributed by atoms with Gasteiger partial charge in [0.2, 0.25) is 0 Å². The smallest absolute Gasteiger partial charge is 0.120 e. The highest BCUT2D eigenvalue weighted by Crippen LogP contribution is 2.26. The van der Waals surface area contributed by atoms with Gasteiger partial charge in [-0.15, -0.1) is 0 Å². The lowest BCUT2D eigenvalue weighted by Gasteiger charge is -2.15. The lowest BCUT2D eigenvalue weighted by Crippen LogP contribution is -2.25. The molecule has 100 valence electrons. The summed E-state index contributed by atoms with van der Waals surface area (Å²) in [5.41, 5.74) is 6.78. The molecule has 0 aliphatic carbocycles. The van der Waals surface area contributed by atoms with Crippen molar-refractivity contribution in [2.24, 2.45) is 5.73 Å². The second-order valence-corrected chi connectivity index (χ2v) is 5.28. The standard InChI is InChI=1S/C14H21ClN2O/c1-11(16)13-5-4-12(10-14(13)15)18-9-8-17-6-2-3-7-17/h4-5,10-11H,2-3,6-9,16H2,1H3. The monoisotopic (exact) mass is 268 g/mol. The quantitative estimate of drug-likeness (QED) is 0.892. The van der Waals surface area contributed by atoms with Crippen LogP contribution in [0.3, 0.4) is 0 Å². The van der Waals surface area contributed by atoms with E-state index in [9.17, 15) is 0 Å². The second-order valence-electron chi connectivity index (χ2n) is 4.87. The van der Waals surface area contributed by atoms with Gasteiger partial charge in [0.1, 0.15) is 12.4 Å². The largest absolute Gasteiger partial charge is 0.492 e. The van der Waals surface area contributed by atoms with Crippen molar-refractivity contribution in [2.75, 3.05) is 26.2 Å². The number of nitrogens with zero attached hydrogens (tertiary/aromatic N) is 1. The van der Waals surface area contributed by atoms with Crippen LogP contribution in [-0.2, 0) is 0 Å².